The third-order valence-corrected chi connectivity index (χ3v) is 20.7. The minimum absolute atomic E-state index is 0.0228. The Morgan fingerprint density at radius 2 is 1.40 bits per heavy atom. The van der Waals surface area contributed by atoms with Crippen molar-refractivity contribution in [2.24, 2.45) is 10.8 Å². The van der Waals surface area contributed by atoms with Crippen LogP contribution in [0.25, 0.3) is 20.5 Å². The van der Waals surface area contributed by atoms with E-state index in [0.717, 1.165) is 95.7 Å². The summed E-state index contributed by atoms with van der Waals surface area (Å²) >= 11 is 2.52. The van der Waals surface area contributed by atoms with Crippen molar-refractivity contribution in [3.8, 4) is 10.4 Å². The number of nitrogens with zero attached hydrogens (tertiary/aromatic N) is 4. The van der Waals surface area contributed by atoms with Gasteiger partial charge in [0.15, 0.2) is 0 Å². The van der Waals surface area contributed by atoms with E-state index in [4.69, 9.17) is 4.74 Å². The highest BCUT2D eigenvalue weighted by Gasteiger charge is 2.51. The monoisotopic (exact) mass is 1330 g/mol. The van der Waals surface area contributed by atoms with Crippen molar-refractivity contribution in [1.29, 1.82) is 0 Å². The van der Waals surface area contributed by atoms with Gasteiger partial charge >= 0.3 is 13.3 Å². The molecule has 0 saturated carbocycles. The van der Waals surface area contributed by atoms with Crippen molar-refractivity contribution >= 4 is 81.7 Å². The second-order valence-corrected chi connectivity index (χ2v) is 30.5. The van der Waals surface area contributed by atoms with Crippen LogP contribution in [0.5, 0.6) is 0 Å². The van der Waals surface area contributed by atoms with Gasteiger partial charge in [-0.05, 0) is 90.6 Å². The normalized spacial score (nSPS) is 20.0. The number of alkyl halides is 2. The number of nitrogens with one attached hydrogen (secondary N) is 4. The highest BCUT2D eigenvalue weighted by atomic mass is 32.1. The number of fused-ring (bicyclic) bond motifs is 1. The minimum atomic E-state index is -5.86. The Labute approximate surface area is 545 Å². The zero-order chi connectivity index (χ0) is 66.9. The number of hydrogen-bond donors (Lipinski definition) is 7. The smallest absolute Gasteiger partial charge is 0.391 e. The number of hydrogen-bond acceptors (Lipinski definition) is 13. The maximum atomic E-state index is 14.9. The maximum absolute atomic E-state index is 14.9. The van der Waals surface area contributed by atoms with E-state index in [1.165, 1.54) is 21.9 Å². The SMILES string of the molecule is Cc1ncsc1-c1ccc([C@H](C)NC(=O)[C@@H]2C[C@@H](O)CN2C(=O)[C@@H](NC(=O)CCCCCCCCCNC(=O)CO[C@H]2C[C@@H](C(=O)N3CCC[C@H](c4ccccc4)C3)N(C(=O)[C@@H](NC(=O)c3cc4cc(C(F)(F)P(=O)(O)O)ccc4s3)C(C)(C)C)C2)C(C)(C)C)cc1. The van der Waals surface area contributed by atoms with E-state index >= 15 is 0 Å². The standard InChI is InChI=1S/C67H89F2N8O12PS2/c1-41(43-24-26-45(27-25-43)57-42(2)71-40-91-57)72-60(81)51-34-49(78)37-76(51)63(84)58(65(3,4)5)73-55(79)23-17-12-10-9-11-13-18-30-70-56(80)39-89-50-35-52(62(83)75-31-19-22-46(36-75)44-20-15-14-16-21-44)77(38-50)64(85)59(66(6,7)8)74-61(82)54-33-47-32-48(28-29-53(47)92-54)67(68,69)90(86,87)88/h14-16,20-21,24-29,32-33,40-41,46,49-52,58-59,78H,9-13,17-19,22-23,30-31,34-39H2,1-8H3,(H,70,80)(H,72,81)(H,73,79)(H,74,82)(H2,86,87,88)/t41-,46-,49+,50-,51-,52-,58+,59+/m0/s1. The molecule has 3 aliphatic rings. The molecule has 3 fully saturated rings. The molecule has 20 nitrogen and oxygen atoms in total. The maximum Gasteiger partial charge on any atom is 0.399 e. The van der Waals surface area contributed by atoms with Crippen molar-refractivity contribution in [2.75, 3.05) is 39.3 Å². The van der Waals surface area contributed by atoms with Gasteiger partial charge in [0.05, 0.1) is 39.2 Å². The Kier molecular flexibility index (Phi) is 23.8. The van der Waals surface area contributed by atoms with Gasteiger partial charge in [0.2, 0.25) is 35.4 Å². The molecule has 2 aromatic heterocycles. The number of amides is 7. The van der Waals surface area contributed by atoms with Gasteiger partial charge in [-0.3, -0.25) is 38.1 Å². The molecule has 0 radical (unpaired) electrons. The predicted molar refractivity (Wildman–Crippen MR) is 350 cm³/mol. The molecule has 5 heterocycles. The molecule has 0 spiro atoms. The van der Waals surface area contributed by atoms with Gasteiger partial charge in [-0.15, -0.1) is 22.7 Å². The number of benzene rings is 3. The number of aliphatic hydroxyl groups excluding tert-OH is 1. The fourth-order valence-corrected chi connectivity index (χ4v) is 14.6. The topological polar surface area (TPSA) is 277 Å². The Morgan fingerprint density at radius 1 is 0.761 bits per heavy atom. The average molecular weight is 1330 g/mol. The van der Waals surface area contributed by atoms with Crippen LogP contribution in [-0.4, -0.2) is 152 Å². The van der Waals surface area contributed by atoms with Gasteiger partial charge in [0.1, 0.15) is 30.8 Å². The van der Waals surface area contributed by atoms with E-state index in [9.17, 15) is 61.8 Å². The molecule has 7 N–H and O–H groups in total. The molecule has 92 heavy (non-hydrogen) atoms. The number of halogens is 2. The van der Waals surface area contributed by atoms with Crippen molar-refractivity contribution in [2.45, 2.75) is 186 Å². The molecule has 5 aromatic rings. The number of unbranched alkanes of at least 4 members (excludes halogenated alkanes) is 6. The van der Waals surface area contributed by atoms with Crippen LogP contribution in [-0.2, 0) is 43.7 Å². The molecule has 0 unspecified atom stereocenters. The van der Waals surface area contributed by atoms with E-state index < -0.39 is 83.7 Å². The summed E-state index contributed by atoms with van der Waals surface area (Å²) in [6.07, 6.45) is 6.11. The second kappa shape index (κ2) is 30.7. The molecule has 3 aromatic carbocycles. The quantitative estimate of drug-likeness (QED) is 0.0201. The van der Waals surface area contributed by atoms with Gasteiger partial charge in [-0.1, -0.05) is 134 Å². The summed E-state index contributed by atoms with van der Waals surface area (Å²) in [6, 6.07) is 17.8. The summed E-state index contributed by atoms with van der Waals surface area (Å²) in [5, 5.41) is 22.6. The molecule has 25 heteroatoms. The van der Waals surface area contributed by atoms with Crippen LogP contribution in [0.3, 0.4) is 0 Å². The first-order valence-electron chi connectivity index (χ1n) is 31.8. The number of piperidine rings is 1. The lowest BCUT2D eigenvalue weighted by Gasteiger charge is -2.38. The van der Waals surface area contributed by atoms with Gasteiger partial charge < -0.3 is 55.6 Å². The number of carbonyl (C=O) groups excluding carboxylic acids is 7. The molecule has 8 rings (SSSR count). The molecule has 8 atom stereocenters. The van der Waals surface area contributed by atoms with Crippen molar-refractivity contribution in [3.05, 3.63) is 112 Å². The van der Waals surface area contributed by atoms with Gasteiger partial charge in [0, 0.05) is 68.2 Å². The van der Waals surface area contributed by atoms with Crippen LogP contribution < -0.4 is 21.3 Å². The number of rotatable bonds is 26. The van der Waals surface area contributed by atoms with E-state index in [0.29, 0.717) is 37.2 Å². The van der Waals surface area contributed by atoms with Crippen LogP contribution >= 0.6 is 30.3 Å². The average Bonchev–Trinajstić information content (AvgIpc) is 1.57. The van der Waals surface area contributed by atoms with E-state index in [-0.39, 0.29) is 84.8 Å². The lowest BCUT2D eigenvalue weighted by molar-refractivity contribution is -0.147. The fraction of sp³-hybridized carbons (Fsp3) is 0.552. The Bertz CT molecular complexity index is 3460. The van der Waals surface area contributed by atoms with E-state index in [1.807, 2.05) is 89.2 Å². The molecular weight excluding hydrogens is 1240 g/mol. The Morgan fingerprint density at radius 3 is 2.04 bits per heavy atom. The molecule has 0 bridgehead atoms. The Hall–Kier alpha value is -6.53. The first-order valence-corrected chi connectivity index (χ1v) is 35.1. The number of thiazole rings is 1. The molecular formula is C67H89F2N8O12PS2. The molecule has 0 aliphatic carbocycles. The number of ether oxygens (including phenoxy) is 1. The third-order valence-electron chi connectivity index (χ3n) is 17.6. The van der Waals surface area contributed by atoms with Crippen LogP contribution in [0.2, 0.25) is 0 Å². The van der Waals surface area contributed by atoms with Crippen molar-refractivity contribution in [3.63, 3.8) is 0 Å². The van der Waals surface area contributed by atoms with Crippen molar-refractivity contribution in [1.82, 2.24) is 41.0 Å². The third kappa shape index (κ3) is 18.0. The van der Waals surface area contributed by atoms with E-state index in [2.05, 4.69) is 26.3 Å². The van der Waals surface area contributed by atoms with Crippen LogP contribution in [0, 0.1) is 17.8 Å². The number of aromatic nitrogens is 1. The van der Waals surface area contributed by atoms with Gasteiger partial charge in [-0.2, -0.15) is 8.78 Å². The van der Waals surface area contributed by atoms with Gasteiger partial charge in [-0.25, -0.2) is 4.98 Å². The van der Waals surface area contributed by atoms with Crippen LogP contribution in [0.1, 0.15) is 170 Å². The lowest BCUT2D eigenvalue weighted by Crippen LogP contribution is -2.58. The second-order valence-electron chi connectivity index (χ2n) is 26.9. The van der Waals surface area contributed by atoms with Crippen LogP contribution in [0.15, 0.2) is 84.4 Å². The zero-order valence-electron chi connectivity index (χ0n) is 53.8. The predicted octanol–water partition coefficient (Wildman–Crippen LogP) is 9.70. The summed E-state index contributed by atoms with van der Waals surface area (Å²) in [7, 11) is -5.86. The lowest BCUT2D eigenvalue weighted by atomic mass is 9.85. The molecule has 3 saturated heterocycles. The van der Waals surface area contributed by atoms with Crippen LogP contribution in [0.4, 0.5) is 8.78 Å². The van der Waals surface area contributed by atoms with Gasteiger partial charge in [0.25, 0.3) is 5.91 Å². The van der Waals surface area contributed by atoms with E-state index in [1.54, 1.807) is 42.5 Å². The zero-order valence-corrected chi connectivity index (χ0v) is 56.3. The number of β-amino-alcohol motifs (C(OH)–C–C–N with tert-alkyl or cyclic N) is 1. The summed E-state index contributed by atoms with van der Waals surface area (Å²) in [4.78, 5) is 127. The first-order chi connectivity index (χ1) is 43.4. The molecule has 3 aliphatic heterocycles. The number of carbonyl (C=O) groups is 7. The number of aryl methyl sites for hydroxylation is 1. The molecule has 500 valence electrons. The summed E-state index contributed by atoms with van der Waals surface area (Å²) in [5.41, 5.74) is -1.19. The highest BCUT2D eigenvalue weighted by Crippen LogP contribution is 2.59. The molecule has 7 amide bonds. The van der Waals surface area contributed by atoms with Crippen molar-refractivity contribution < 1.29 is 66.5 Å². The highest BCUT2D eigenvalue weighted by molar-refractivity contribution is 7.52. The number of thiophene rings is 1. The number of likely N-dealkylation sites (tertiary alicyclic amines) is 3. The largest absolute Gasteiger partial charge is 0.399 e. The summed E-state index contributed by atoms with van der Waals surface area (Å²) < 4.78 is 47.4. The minimum Gasteiger partial charge on any atom is -0.391 e. The summed E-state index contributed by atoms with van der Waals surface area (Å²) in [6.45, 7) is 15.6. The first kappa shape index (κ1) is 71.3. The fourth-order valence-electron chi connectivity index (χ4n) is 12.3. The Balaban J connectivity index is 0.774. The number of aliphatic hydroxyl groups is 1. The summed E-state index contributed by atoms with van der Waals surface area (Å²) in [5.74, 6) is -2.84.